The van der Waals surface area contributed by atoms with Crippen molar-refractivity contribution < 1.29 is 9.53 Å². The lowest BCUT2D eigenvalue weighted by Gasteiger charge is -2.31. The maximum Gasteiger partial charge on any atom is 0.167 e. The summed E-state index contributed by atoms with van der Waals surface area (Å²) in [7, 11) is 1.65. The van der Waals surface area contributed by atoms with Crippen molar-refractivity contribution in [2.24, 2.45) is 16.7 Å². The van der Waals surface area contributed by atoms with Gasteiger partial charge in [-0.1, -0.05) is 20.8 Å². The zero-order valence-corrected chi connectivity index (χ0v) is 13.2. The molecule has 1 aromatic carbocycles. The van der Waals surface area contributed by atoms with Crippen molar-refractivity contribution in [2.45, 2.75) is 33.6 Å². The molecule has 0 amide bonds. The fourth-order valence-corrected chi connectivity index (χ4v) is 3.94. The second-order valence-corrected chi connectivity index (χ2v) is 6.95. The number of carbonyl (C=O) groups excluding carboxylic acids is 1. The van der Waals surface area contributed by atoms with E-state index in [2.05, 4.69) is 26.1 Å². The quantitative estimate of drug-likeness (QED) is 0.853. The number of ether oxygens (including phenoxy) is 1. The highest BCUT2D eigenvalue weighted by Gasteiger charge is 2.63. The first-order valence-corrected chi connectivity index (χ1v) is 7.55. The van der Waals surface area contributed by atoms with Gasteiger partial charge in [-0.15, -0.1) is 0 Å². The zero-order chi connectivity index (χ0) is 15.3. The maximum absolute atomic E-state index is 12.7. The average Bonchev–Trinajstić information content (AvgIpc) is 2.78. The number of methoxy groups -OCH3 is 1. The molecular weight excluding hydrogens is 262 g/mol. The maximum atomic E-state index is 12.7. The highest BCUT2D eigenvalue weighted by Crippen LogP contribution is 2.65. The third-order valence-electron chi connectivity index (χ3n) is 5.85. The first-order chi connectivity index (χ1) is 9.90. The van der Waals surface area contributed by atoms with E-state index in [1.165, 1.54) is 0 Å². The Balaban J connectivity index is 1.83. The number of hydrogen-bond acceptors (Lipinski definition) is 3. The van der Waals surface area contributed by atoms with Crippen molar-refractivity contribution in [2.75, 3.05) is 12.4 Å². The van der Waals surface area contributed by atoms with Crippen LogP contribution >= 0.6 is 0 Å². The Morgan fingerprint density at radius 1 is 1.24 bits per heavy atom. The number of fused-ring (bicyclic) bond motifs is 2. The molecule has 3 rings (SSSR count). The minimum absolute atomic E-state index is 0.0670. The lowest BCUT2D eigenvalue weighted by molar-refractivity contribution is -0.125. The minimum Gasteiger partial charge on any atom is -0.497 e. The molecular formula is C18H23NO2. The van der Waals surface area contributed by atoms with Crippen LogP contribution in [-0.2, 0) is 4.79 Å². The van der Waals surface area contributed by atoms with Crippen LogP contribution in [0.5, 0.6) is 5.75 Å². The van der Waals surface area contributed by atoms with Gasteiger partial charge in [0.15, 0.2) is 5.78 Å². The summed E-state index contributed by atoms with van der Waals surface area (Å²) in [5, 5.41) is 3.27. The Bertz CT molecular complexity index is 600. The number of anilines is 1. The smallest absolute Gasteiger partial charge is 0.167 e. The van der Waals surface area contributed by atoms with Gasteiger partial charge >= 0.3 is 0 Å². The summed E-state index contributed by atoms with van der Waals surface area (Å²) in [6, 6.07) is 7.74. The van der Waals surface area contributed by atoms with Crippen molar-refractivity contribution in [3.8, 4) is 5.75 Å². The van der Waals surface area contributed by atoms with E-state index in [-0.39, 0.29) is 10.8 Å². The van der Waals surface area contributed by atoms with E-state index >= 15 is 0 Å². The van der Waals surface area contributed by atoms with Crippen LogP contribution in [0.1, 0.15) is 33.6 Å². The standard InChI is InChI=1S/C18H23NO2/c1-17(2)15-9-10-18(17,3)16(20)14(15)11-19-12-5-7-13(21-4)8-6-12/h5-8,11,15,19H,9-10H2,1-4H3. The fourth-order valence-electron chi connectivity index (χ4n) is 3.94. The van der Waals surface area contributed by atoms with E-state index in [4.69, 9.17) is 4.74 Å². The average molecular weight is 285 g/mol. The molecule has 0 aromatic heterocycles. The molecule has 2 aliphatic carbocycles. The van der Waals surface area contributed by atoms with Crippen LogP contribution in [-0.4, -0.2) is 12.9 Å². The molecule has 2 unspecified atom stereocenters. The van der Waals surface area contributed by atoms with Gasteiger partial charge in [-0.25, -0.2) is 0 Å². The third-order valence-corrected chi connectivity index (χ3v) is 5.85. The largest absolute Gasteiger partial charge is 0.497 e. The number of Topliss-reactive ketones (excluding diaryl/α,β-unsaturated/α-hetero) is 1. The van der Waals surface area contributed by atoms with Gasteiger partial charge in [0.2, 0.25) is 0 Å². The van der Waals surface area contributed by atoms with Crippen LogP contribution < -0.4 is 10.1 Å². The van der Waals surface area contributed by atoms with Crippen LogP contribution in [0.3, 0.4) is 0 Å². The molecule has 2 bridgehead atoms. The van der Waals surface area contributed by atoms with Crippen molar-refractivity contribution in [1.82, 2.24) is 0 Å². The van der Waals surface area contributed by atoms with Crippen LogP contribution in [0.25, 0.3) is 0 Å². The third kappa shape index (κ3) is 1.90. The first-order valence-electron chi connectivity index (χ1n) is 7.55. The number of nitrogens with one attached hydrogen (secondary N) is 1. The summed E-state index contributed by atoms with van der Waals surface area (Å²) in [5.74, 6) is 1.53. The Hall–Kier alpha value is -1.77. The Morgan fingerprint density at radius 3 is 2.43 bits per heavy atom. The molecule has 2 fully saturated rings. The topological polar surface area (TPSA) is 38.3 Å². The van der Waals surface area contributed by atoms with E-state index in [1.54, 1.807) is 7.11 Å². The molecule has 3 nitrogen and oxygen atoms in total. The Kier molecular flexibility index (Phi) is 3.12. The van der Waals surface area contributed by atoms with E-state index in [0.717, 1.165) is 29.9 Å². The Morgan fingerprint density at radius 2 is 1.90 bits per heavy atom. The molecule has 1 aromatic rings. The van der Waals surface area contributed by atoms with Gasteiger partial charge in [-0.05, 0) is 48.4 Å². The molecule has 3 heteroatoms. The SMILES string of the molecule is COc1ccc(NC=C2C(=O)C3(C)CCC2C3(C)C)cc1. The molecule has 0 spiro atoms. The lowest BCUT2D eigenvalue weighted by Crippen LogP contribution is -2.32. The number of carbonyl (C=O) groups is 1. The summed E-state index contributed by atoms with van der Waals surface area (Å²) < 4.78 is 5.15. The second-order valence-electron chi connectivity index (χ2n) is 6.95. The fraction of sp³-hybridized carbons (Fsp3) is 0.500. The monoisotopic (exact) mass is 285 g/mol. The number of allylic oxidation sites excluding steroid dienone is 1. The van der Waals surface area contributed by atoms with Crippen molar-refractivity contribution in [1.29, 1.82) is 0 Å². The molecule has 1 N–H and O–H groups in total. The van der Waals surface area contributed by atoms with Gasteiger partial charge in [-0.3, -0.25) is 4.79 Å². The summed E-state index contributed by atoms with van der Waals surface area (Å²) >= 11 is 0. The van der Waals surface area contributed by atoms with E-state index in [1.807, 2.05) is 30.5 Å². The van der Waals surface area contributed by atoms with Crippen LogP contribution in [0.2, 0.25) is 0 Å². The molecule has 2 aliphatic rings. The van der Waals surface area contributed by atoms with Gasteiger partial charge in [0, 0.05) is 22.9 Å². The lowest BCUT2D eigenvalue weighted by atomic mass is 9.70. The molecule has 0 aliphatic heterocycles. The van der Waals surface area contributed by atoms with E-state index < -0.39 is 0 Å². The summed E-state index contributed by atoms with van der Waals surface area (Å²) in [4.78, 5) is 12.7. The number of rotatable bonds is 3. The molecule has 2 saturated carbocycles. The normalized spacial score (nSPS) is 31.7. The van der Waals surface area contributed by atoms with Crippen LogP contribution in [0.15, 0.2) is 36.0 Å². The molecule has 112 valence electrons. The van der Waals surface area contributed by atoms with E-state index in [0.29, 0.717) is 11.7 Å². The predicted octanol–water partition coefficient (Wildman–Crippen LogP) is 4.02. The summed E-state index contributed by atoms with van der Waals surface area (Å²) in [6.45, 7) is 6.59. The second kappa shape index (κ2) is 4.62. The number of ketones is 1. The first kappa shape index (κ1) is 14.2. The zero-order valence-electron chi connectivity index (χ0n) is 13.2. The van der Waals surface area contributed by atoms with Gasteiger partial charge in [-0.2, -0.15) is 0 Å². The molecule has 21 heavy (non-hydrogen) atoms. The van der Waals surface area contributed by atoms with Crippen molar-refractivity contribution in [3.05, 3.63) is 36.0 Å². The summed E-state index contributed by atoms with van der Waals surface area (Å²) in [6.07, 6.45) is 4.05. The van der Waals surface area contributed by atoms with Gasteiger partial charge in [0.05, 0.1) is 7.11 Å². The van der Waals surface area contributed by atoms with Gasteiger partial charge < -0.3 is 10.1 Å². The number of benzene rings is 1. The summed E-state index contributed by atoms with van der Waals surface area (Å²) in [5.41, 5.74) is 1.81. The van der Waals surface area contributed by atoms with Crippen molar-refractivity contribution in [3.63, 3.8) is 0 Å². The molecule has 0 saturated heterocycles. The van der Waals surface area contributed by atoms with Gasteiger partial charge in [0.1, 0.15) is 5.75 Å². The number of hydrogen-bond donors (Lipinski definition) is 1. The van der Waals surface area contributed by atoms with Crippen LogP contribution in [0, 0.1) is 16.7 Å². The predicted molar refractivity (Wildman–Crippen MR) is 84.3 cm³/mol. The molecule has 2 atom stereocenters. The van der Waals surface area contributed by atoms with Crippen molar-refractivity contribution >= 4 is 11.5 Å². The van der Waals surface area contributed by atoms with Gasteiger partial charge in [0.25, 0.3) is 0 Å². The van der Waals surface area contributed by atoms with E-state index in [9.17, 15) is 4.79 Å². The minimum atomic E-state index is -0.189. The van der Waals surface area contributed by atoms with Crippen LogP contribution in [0.4, 0.5) is 5.69 Å². The molecule has 0 radical (unpaired) electrons. The Labute approximate surface area is 126 Å². The molecule has 0 heterocycles. The highest BCUT2D eigenvalue weighted by molar-refractivity contribution is 6.04. The highest BCUT2D eigenvalue weighted by atomic mass is 16.5.